The fourth-order valence-electron chi connectivity index (χ4n) is 4.83. The van der Waals surface area contributed by atoms with Crippen LogP contribution in [0, 0.1) is 22.7 Å². The van der Waals surface area contributed by atoms with E-state index in [9.17, 15) is 14.9 Å². The van der Waals surface area contributed by atoms with Gasteiger partial charge in [-0.25, -0.2) is 0 Å². The quantitative estimate of drug-likeness (QED) is 0.606. The van der Waals surface area contributed by atoms with Crippen LogP contribution < -0.4 is 0 Å². The highest BCUT2D eigenvalue weighted by Gasteiger charge is 2.49. The fourth-order valence-corrected chi connectivity index (χ4v) is 5.10. The van der Waals surface area contributed by atoms with Crippen LogP contribution in [0.1, 0.15) is 70.4 Å². The second-order valence-electron chi connectivity index (χ2n) is 10.0. The number of carbonyl (C=O) groups is 2. The van der Waals surface area contributed by atoms with Crippen molar-refractivity contribution in [1.82, 2.24) is 4.90 Å². The van der Waals surface area contributed by atoms with Gasteiger partial charge in [0.15, 0.2) is 0 Å². The van der Waals surface area contributed by atoms with Gasteiger partial charge >= 0.3 is 5.97 Å². The van der Waals surface area contributed by atoms with Gasteiger partial charge in [-0.1, -0.05) is 44.5 Å². The minimum absolute atomic E-state index is 0.0736. The molecule has 2 unspecified atom stereocenters. The summed E-state index contributed by atoms with van der Waals surface area (Å²) < 4.78 is 0. The summed E-state index contributed by atoms with van der Waals surface area (Å²) in [7, 11) is 0. The third kappa shape index (κ3) is 5.13. The number of halogens is 1. The van der Waals surface area contributed by atoms with Crippen LogP contribution in [0.3, 0.4) is 0 Å². The minimum Gasteiger partial charge on any atom is -0.481 e. The number of nitrogens with zero attached hydrogens (tertiary/aromatic N) is 2. The Morgan fingerprint density at radius 1 is 1.39 bits per heavy atom. The van der Waals surface area contributed by atoms with Crippen LogP contribution in [0.25, 0.3) is 0 Å². The fraction of sp³-hybridized carbons (Fsp3) is 0.560. The molecule has 0 bridgehead atoms. The van der Waals surface area contributed by atoms with Crippen molar-refractivity contribution in [1.29, 1.82) is 5.26 Å². The maximum Gasteiger partial charge on any atom is 0.305 e. The number of hydrogen-bond acceptors (Lipinski definition) is 3. The molecule has 1 saturated carbocycles. The number of amides is 1. The molecule has 166 valence electrons. The van der Waals surface area contributed by atoms with E-state index in [4.69, 9.17) is 16.7 Å². The van der Waals surface area contributed by atoms with Crippen molar-refractivity contribution in [3.8, 4) is 6.07 Å². The number of benzene rings is 1. The van der Waals surface area contributed by atoms with E-state index in [0.717, 1.165) is 47.4 Å². The molecule has 1 aliphatic heterocycles. The third-order valence-electron chi connectivity index (χ3n) is 6.63. The first-order valence-corrected chi connectivity index (χ1v) is 11.3. The minimum atomic E-state index is -0.930. The first-order valence-electron chi connectivity index (χ1n) is 10.9. The van der Waals surface area contributed by atoms with Gasteiger partial charge in [0, 0.05) is 36.0 Å². The van der Waals surface area contributed by atoms with E-state index < -0.39 is 11.4 Å². The lowest BCUT2D eigenvalue weighted by Gasteiger charge is -2.39. The van der Waals surface area contributed by atoms with Gasteiger partial charge in [0.2, 0.25) is 5.91 Å². The van der Waals surface area contributed by atoms with Crippen molar-refractivity contribution in [2.45, 2.75) is 71.1 Å². The maximum absolute atomic E-state index is 12.9. The lowest BCUT2D eigenvalue weighted by Crippen LogP contribution is -2.42. The van der Waals surface area contributed by atoms with E-state index in [2.05, 4.69) is 39.0 Å². The molecule has 6 heteroatoms. The molecule has 1 aliphatic carbocycles. The van der Waals surface area contributed by atoms with Gasteiger partial charge in [0.25, 0.3) is 0 Å². The van der Waals surface area contributed by atoms with Crippen molar-refractivity contribution in [2.24, 2.45) is 11.3 Å². The van der Waals surface area contributed by atoms with Crippen molar-refractivity contribution >= 4 is 23.5 Å². The number of aryl methyl sites for hydroxylation is 1. The van der Waals surface area contributed by atoms with E-state index in [0.29, 0.717) is 6.42 Å². The second-order valence-corrected chi connectivity index (χ2v) is 10.4. The Kier molecular flexibility index (Phi) is 6.81. The summed E-state index contributed by atoms with van der Waals surface area (Å²) in [6, 6.07) is 8.44. The van der Waals surface area contributed by atoms with Gasteiger partial charge in [0.05, 0.1) is 12.5 Å². The van der Waals surface area contributed by atoms with Crippen molar-refractivity contribution in [2.75, 3.05) is 6.54 Å². The molecule has 31 heavy (non-hydrogen) atoms. The molecular formula is C25H31ClN2O3. The van der Waals surface area contributed by atoms with Crippen LogP contribution >= 0.6 is 11.6 Å². The molecule has 3 rings (SSSR count). The van der Waals surface area contributed by atoms with Crippen LogP contribution in [0.15, 0.2) is 30.0 Å². The van der Waals surface area contributed by atoms with Gasteiger partial charge < -0.3 is 10.0 Å². The van der Waals surface area contributed by atoms with Crippen molar-refractivity contribution in [3.05, 3.63) is 46.1 Å². The molecule has 1 N–H and O–H groups in total. The Bertz CT molecular complexity index is 941. The molecule has 5 nitrogen and oxygen atoms in total. The topological polar surface area (TPSA) is 81.4 Å². The van der Waals surface area contributed by atoms with Crippen molar-refractivity contribution < 1.29 is 14.7 Å². The molecule has 0 spiro atoms. The number of aliphatic carboxylic acids is 1. The van der Waals surface area contributed by atoms with Crippen LogP contribution in [0.5, 0.6) is 0 Å². The number of carboxylic acids is 1. The first kappa shape index (κ1) is 23.3. The lowest BCUT2D eigenvalue weighted by molar-refractivity contribution is -0.138. The Hall–Kier alpha value is -2.32. The van der Waals surface area contributed by atoms with Gasteiger partial charge in [-0.15, -0.1) is 0 Å². The average Bonchev–Trinajstić information content (AvgIpc) is 3.03. The summed E-state index contributed by atoms with van der Waals surface area (Å²) in [4.78, 5) is 25.5. The highest BCUT2D eigenvalue weighted by Crippen LogP contribution is 2.54. The summed E-state index contributed by atoms with van der Waals surface area (Å²) in [6.07, 6.45) is 5.97. The SMILES string of the molecule is CC(C)(C)CCc1ccc(C23CCC(CC#N)C2=CN(CCC(=O)O)C(=O)C3)cc1Cl. The second kappa shape index (κ2) is 9.04. The summed E-state index contributed by atoms with van der Waals surface area (Å²) in [5.74, 6) is -0.930. The number of rotatable bonds is 7. The predicted octanol–water partition coefficient (Wildman–Crippen LogP) is 5.47. The van der Waals surface area contributed by atoms with Gasteiger partial charge in [-0.2, -0.15) is 5.26 Å². The van der Waals surface area contributed by atoms with Crippen LogP contribution in [0.4, 0.5) is 0 Å². The van der Waals surface area contributed by atoms with Crippen molar-refractivity contribution in [3.63, 3.8) is 0 Å². The van der Waals surface area contributed by atoms with Crippen LogP contribution in [0.2, 0.25) is 5.02 Å². The van der Waals surface area contributed by atoms with Crippen LogP contribution in [-0.2, 0) is 21.4 Å². The zero-order valence-electron chi connectivity index (χ0n) is 18.6. The highest BCUT2D eigenvalue weighted by atomic mass is 35.5. The Balaban J connectivity index is 1.95. The Morgan fingerprint density at radius 2 is 2.13 bits per heavy atom. The number of carbonyl (C=O) groups excluding carboxylic acids is 1. The average molecular weight is 443 g/mol. The van der Waals surface area contributed by atoms with E-state index in [1.54, 1.807) is 0 Å². The molecule has 1 fully saturated rings. The monoisotopic (exact) mass is 442 g/mol. The van der Waals surface area contributed by atoms with Crippen LogP contribution in [-0.4, -0.2) is 28.4 Å². The molecule has 1 aromatic carbocycles. The summed E-state index contributed by atoms with van der Waals surface area (Å²) in [5.41, 5.74) is 2.97. The van der Waals surface area contributed by atoms with E-state index in [1.807, 2.05) is 12.3 Å². The highest BCUT2D eigenvalue weighted by molar-refractivity contribution is 6.31. The van der Waals surface area contributed by atoms with Gasteiger partial charge in [-0.3, -0.25) is 9.59 Å². The molecule has 1 aromatic rings. The standard InChI is InChI=1S/C25H31ClN2O3/c1-24(2,3)10-6-18-4-5-19(14-21(18)26)25-11-7-17(8-12-27)20(25)16-28(22(29)15-25)13-9-23(30)31/h4-5,14,16-17H,6-11,13,15H2,1-3H3,(H,30,31). The normalized spacial score (nSPS) is 23.3. The smallest absolute Gasteiger partial charge is 0.305 e. The number of allylic oxidation sites excluding steroid dienone is 1. The third-order valence-corrected chi connectivity index (χ3v) is 6.99. The Labute approximate surface area is 189 Å². The molecule has 0 aromatic heterocycles. The molecule has 0 saturated heterocycles. The Morgan fingerprint density at radius 3 is 2.74 bits per heavy atom. The van der Waals surface area contributed by atoms with E-state index >= 15 is 0 Å². The summed E-state index contributed by atoms with van der Waals surface area (Å²) in [5, 5.41) is 19.1. The summed E-state index contributed by atoms with van der Waals surface area (Å²) >= 11 is 6.68. The zero-order valence-corrected chi connectivity index (χ0v) is 19.3. The first-order chi connectivity index (χ1) is 14.6. The molecule has 2 aliphatic rings. The molecule has 2 atom stereocenters. The number of hydrogen-bond donors (Lipinski definition) is 1. The predicted molar refractivity (Wildman–Crippen MR) is 121 cm³/mol. The zero-order chi connectivity index (χ0) is 22.8. The lowest BCUT2D eigenvalue weighted by atomic mass is 9.70. The number of fused-ring (bicyclic) bond motifs is 1. The van der Waals surface area contributed by atoms with E-state index in [1.165, 1.54) is 4.90 Å². The largest absolute Gasteiger partial charge is 0.481 e. The van der Waals surface area contributed by atoms with Gasteiger partial charge in [0.1, 0.15) is 0 Å². The maximum atomic E-state index is 12.9. The number of nitriles is 1. The summed E-state index contributed by atoms with van der Waals surface area (Å²) in [6.45, 7) is 6.79. The molecular weight excluding hydrogens is 412 g/mol. The van der Waals surface area contributed by atoms with E-state index in [-0.39, 0.29) is 36.6 Å². The van der Waals surface area contributed by atoms with Gasteiger partial charge in [-0.05, 0) is 59.8 Å². The molecule has 1 amide bonds. The number of carboxylic acid groups (broad SMARTS) is 1. The molecule has 0 radical (unpaired) electrons. The molecule has 1 heterocycles.